The quantitative estimate of drug-likeness (QED) is 0.381. The molecule has 6 heteroatoms. The van der Waals surface area contributed by atoms with Crippen molar-refractivity contribution < 1.29 is 29.3 Å². The van der Waals surface area contributed by atoms with Crippen LogP contribution in [0.2, 0.25) is 0 Å². The second-order valence-corrected chi connectivity index (χ2v) is 11.9. The number of ketones is 2. The molecular weight excluding hydrogens is 504 g/mol. The van der Waals surface area contributed by atoms with Crippen LogP contribution in [0, 0.1) is 17.3 Å². The lowest BCUT2D eigenvalue weighted by molar-refractivity contribution is -0.137. The van der Waals surface area contributed by atoms with Gasteiger partial charge in [0.2, 0.25) is 0 Å². The number of hydrogen-bond donors (Lipinski definition) is 2. The summed E-state index contributed by atoms with van der Waals surface area (Å²) in [6.07, 6.45) is 5.35. The monoisotopic (exact) mass is 544 g/mol. The number of rotatable bonds is 5. The van der Waals surface area contributed by atoms with Crippen LogP contribution in [0.15, 0.2) is 88.4 Å². The van der Waals surface area contributed by atoms with Gasteiger partial charge >= 0.3 is 5.97 Å². The molecular formula is C34H40O6. The molecule has 0 aromatic heterocycles. The summed E-state index contributed by atoms with van der Waals surface area (Å²) in [6.45, 7) is 13.9. The smallest absolute Gasteiger partial charge is 0.304 e. The van der Waals surface area contributed by atoms with E-state index in [2.05, 4.69) is 19.6 Å². The Balaban J connectivity index is 2.04. The predicted molar refractivity (Wildman–Crippen MR) is 155 cm³/mol. The molecule has 5 unspecified atom stereocenters. The van der Waals surface area contributed by atoms with E-state index in [-0.39, 0.29) is 40.8 Å². The number of ether oxygens (including phenoxy) is 1. The molecule has 212 valence electrons. The normalized spacial score (nSPS) is 28.4. The second kappa shape index (κ2) is 11.4. The van der Waals surface area contributed by atoms with Gasteiger partial charge in [-0.1, -0.05) is 72.7 Å². The predicted octanol–water partition coefficient (Wildman–Crippen LogP) is 7.16. The van der Waals surface area contributed by atoms with E-state index in [4.69, 9.17) is 4.74 Å². The molecule has 0 amide bonds. The highest BCUT2D eigenvalue weighted by Crippen LogP contribution is 2.54. The molecule has 1 aliphatic heterocycles. The summed E-state index contributed by atoms with van der Waals surface area (Å²) in [5.41, 5.74) is 2.52. The maximum atomic E-state index is 15.0. The van der Waals surface area contributed by atoms with Crippen molar-refractivity contribution in [3.8, 4) is 0 Å². The minimum atomic E-state index is -1.30. The molecule has 1 heterocycles. The number of carboxylic acids is 1. The Morgan fingerprint density at radius 3 is 2.40 bits per heavy atom. The molecule has 0 radical (unpaired) electrons. The first kappa shape index (κ1) is 29.3. The summed E-state index contributed by atoms with van der Waals surface area (Å²) in [6, 6.07) is 8.86. The molecule has 2 aliphatic carbocycles. The molecule has 0 fully saturated rings. The summed E-state index contributed by atoms with van der Waals surface area (Å²) in [5, 5.41) is 21.6. The van der Waals surface area contributed by atoms with E-state index in [1.807, 2.05) is 32.9 Å². The van der Waals surface area contributed by atoms with Crippen molar-refractivity contribution in [3.63, 3.8) is 0 Å². The van der Waals surface area contributed by atoms with Crippen LogP contribution in [0.5, 0.6) is 0 Å². The molecule has 0 saturated carbocycles. The first-order valence-electron chi connectivity index (χ1n) is 14.0. The van der Waals surface area contributed by atoms with Gasteiger partial charge in [-0.25, -0.2) is 0 Å². The van der Waals surface area contributed by atoms with Crippen LogP contribution in [-0.2, 0) is 19.1 Å². The van der Waals surface area contributed by atoms with Crippen LogP contribution >= 0.6 is 0 Å². The average molecular weight is 545 g/mol. The standard InChI is InChI=1S/C34H40O6/c1-19(2)25-13-12-20(3)16-21(4)14-15-34(18-25)32(39)28(26(17-27(35)36)24-10-8-7-9-11-24)31(38)29-30(37)22(5)23(6)40-33(29)34/h7-12,14,22-23,25-26,38H,1,13,15-18H2,2-6H3,(H,35,36). The Morgan fingerprint density at radius 1 is 1.12 bits per heavy atom. The van der Waals surface area contributed by atoms with Gasteiger partial charge in [0.05, 0.1) is 23.3 Å². The minimum Gasteiger partial charge on any atom is -0.507 e. The SMILES string of the molecule is C=C(C)C1CC=C(C)CC(C)=CCC2(C1)C(=O)C(C(CC(=O)O)c1ccccc1)=C(O)C1=C2OC(C)C(C)C1=O. The van der Waals surface area contributed by atoms with Crippen LogP contribution in [0.4, 0.5) is 0 Å². The molecule has 1 aromatic rings. The molecule has 3 aliphatic rings. The second-order valence-electron chi connectivity index (χ2n) is 11.9. The van der Waals surface area contributed by atoms with Crippen molar-refractivity contribution in [1.82, 2.24) is 0 Å². The minimum absolute atomic E-state index is 0.0156. The maximum Gasteiger partial charge on any atom is 0.304 e. The van der Waals surface area contributed by atoms with Gasteiger partial charge in [0, 0.05) is 11.5 Å². The molecule has 6 nitrogen and oxygen atoms in total. The van der Waals surface area contributed by atoms with Crippen LogP contribution in [0.1, 0.15) is 78.2 Å². The number of carboxylic acid groups (broad SMARTS) is 1. The van der Waals surface area contributed by atoms with Crippen molar-refractivity contribution in [2.45, 2.75) is 78.7 Å². The summed E-state index contributed by atoms with van der Waals surface area (Å²) >= 11 is 0. The Labute approximate surface area is 236 Å². The van der Waals surface area contributed by atoms with E-state index in [1.54, 1.807) is 31.2 Å². The third-order valence-corrected chi connectivity index (χ3v) is 8.83. The van der Waals surface area contributed by atoms with Gasteiger partial charge in [0.15, 0.2) is 11.6 Å². The van der Waals surface area contributed by atoms with Crippen LogP contribution < -0.4 is 0 Å². The molecule has 1 aromatic carbocycles. The number of hydrogen-bond acceptors (Lipinski definition) is 5. The number of benzene rings is 1. The van der Waals surface area contributed by atoms with Gasteiger partial charge in [0.25, 0.3) is 0 Å². The van der Waals surface area contributed by atoms with Gasteiger partial charge in [0.1, 0.15) is 17.6 Å². The van der Waals surface area contributed by atoms with Crippen molar-refractivity contribution in [1.29, 1.82) is 0 Å². The van der Waals surface area contributed by atoms with Crippen molar-refractivity contribution in [2.24, 2.45) is 17.3 Å². The summed E-state index contributed by atoms with van der Waals surface area (Å²) < 4.78 is 6.43. The summed E-state index contributed by atoms with van der Waals surface area (Å²) in [7, 11) is 0. The topological polar surface area (TPSA) is 101 Å². The van der Waals surface area contributed by atoms with Gasteiger partial charge < -0.3 is 14.9 Å². The van der Waals surface area contributed by atoms with E-state index in [0.717, 1.165) is 17.6 Å². The van der Waals surface area contributed by atoms with E-state index >= 15 is 0 Å². The lowest BCUT2D eigenvalue weighted by Crippen LogP contribution is -2.48. The Morgan fingerprint density at radius 2 is 1.77 bits per heavy atom. The zero-order valence-electron chi connectivity index (χ0n) is 24.1. The molecule has 4 rings (SSSR count). The van der Waals surface area contributed by atoms with Gasteiger partial charge in [-0.2, -0.15) is 0 Å². The number of carbonyl (C=O) groups is 3. The lowest BCUT2D eigenvalue weighted by Gasteiger charge is -2.46. The van der Waals surface area contributed by atoms with Crippen molar-refractivity contribution in [2.75, 3.05) is 0 Å². The number of Topliss-reactive ketones (excluding diaryl/α,β-unsaturated/α-hetero) is 2. The number of aliphatic hydroxyl groups is 1. The van der Waals surface area contributed by atoms with Crippen LogP contribution in [0.25, 0.3) is 0 Å². The summed E-state index contributed by atoms with van der Waals surface area (Å²) in [4.78, 5) is 40.9. The van der Waals surface area contributed by atoms with Gasteiger partial charge in [-0.15, -0.1) is 0 Å². The van der Waals surface area contributed by atoms with Gasteiger partial charge in [-0.3, -0.25) is 14.4 Å². The fourth-order valence-electron chi connectivity index (χ4n) is 6.26. The molecule has 1 spiro atoms. The third-order valence-electron chi connectivity index (χ3n) is 8.83. The molecule has 5 atom stereocenters. The average Bonchev–Trinajstić information content (AvgIpc) is 2.90. The Bertz CT molecular complexity index is 1360. The van der Waals surface area contributed by atoms with E-state index in [0.29, 0.717) is 18.4 Å². The molecule has 0 saturated heterocycles. The Hall–Kier alpha value is -3.67. The fraction of sp³-hybridized carbons (Fsp3) is 0.441. The zero-order chi connectivity index (χ0) is 29.4. The first-order chi connectivity index (χ1) is 18.9. The van der Waals surface area contributed by atoms with Crippen molar-refractivity contribution >= 4 is 17.5 Å². The van der Waals surface area contributed by atoms with E-state index < -0.39 is 41.5 Å². The maximum absolute atomic E-state index is 15.0. The lowest BCUT2D eigenvalue weighted by atomic mass is 9.60. The van der Waals surface area contributed by atoms with Crippen molar-refractivity contribution in [3.05, 3.63) is 94.0 Å². The first-order valence-corrected chi connectivity index (χ1v) is 14.0. The molecule has 2 N–H and O–H groups in total. The number of fused-ring (bicyclic) bond motifs is 1. The number of aliphatic hydroxyl groups excluding tert-OH is 1. The fourth-order valence-corrected chi connectivity index (χ4v) is 6.26. The number of carbonyl (C=O) groups excluding carboxylic acids is 2. The number of aliphatic carboxylic acids is 1. The highest BCUT2D eigenvalue weighted by atomic mass is 16.5. The van der Waals surface area contributed by atoms with Crippen LogP contribution in [-0.4, -0.2) is 33.9 Å². The molecule has 40 heavy (non-hydrogen) atoms. The molecule has 0 bridgehead atoms. The third kappa shape index (κ3) is 5.36. The zero-order valence-corrected chi connectivity index (χ0v) is 24.1. The Kier molecular flexibility index (Phi) is 8.38. The number of allylic oxidation sites excluding steroid dienone is 8. The largest absolute Gasteiger partial charge is 0.507 e. The summed E-state index contributed by atoms with van der Waals surface area (Å²) in [5.74, 6) is -3.59. The van der Waals surface area contributed by atoms with Crippen LogP contribution in [0.3, 0.4) is 0 Å². The van der Waals surface area contributed by atoms with E-state index in [9.17, 15) is 24.6 Å². The van der Waals surface area contributed by atoms with E-state index in [1.165, 1.54) is 5.57 Å². The highest BCUT2D eigenvalue weighted by Gasteiger charge is 2.56. The van der Waals surface area contributed by atoms with Gasteiger partial charge in [-0.05, 0) is 64.9 Å². The highest BCUT2D eigenvalue weighted by molar-refractivity contribution is 6.13.